The third-order valence-corrected chi connectivity index (χ3v) is 4.72. The summed E-state index contributed by atoms with van der Waals surface area (Å²) in [5.74, 6) is -0.131. The number of benzene rings is 2. The van der Waals surface area contributed by atoms with Crippen molar-refractivity contribution in [1.29, 1.82) is 0 Å². The minimum atomic E-state index is -0.456. The van der Waals surface area contributed by atoms with Gasteiger partial charge in [0.15, 0.2) is 0 Å². The molecule has 126 valence electrons. The van der Waals surface area contributed by atoms with Gasteiger partial charge in [0.2, 0.25) is 0 Å². The molecule has 2 aliphatic rings. The van der Waals surface area contributed by atoms with Gasteiger partial charge in [-0.15, -0.1) is 0 Å². The van der Waals surface area contributed by atoms with Crippen molar-refractivity contribution in [2.45, 2.75) is 6.04 Å². The van der Waals surface area contributed by atoms with Crippen molar-refractivity contribution in [2.75, 3.05) is 24.2 Å². The molecule has 2 aliphatic heterocycles. The maximum absolute atomic E-state index is 13.2. The summed E-state index contributed by atoms with van der Waals surface area (Å²) in [5.41, 5.74) is 9.44. The third kappa shape index (κ3) is 2.34. The second kappa shape index (κ2) is 5.66. The molecule has 2 aromatic rings. The van der Waals surface area contributed by atoms with E-state index in [1.165, 1.54) is 4.90 Å². The number of para-hydroxylation sites is 2. The average molecular weight is 334 g/mol. The zero-order chi connectivity index (χ0) is 17.6. The lowest BCUT2D eigenvalue weighted by atomic mass is 9.96. The molecule has 0 fully saturated rings. The van der Waals surface area contributed by atoms with Crippen molar-refractivity contribution in [3.05, 3.63) is 71.4 Å². The lowest BCUT2D eigenvalue weighted by molar-refractivity contribution is -0.114. The summed E-state index contributed by atoms with van der Waals surface area (Å²) in [7, 11) is 1.68. The van der Waals surface area contributed by atoms with Crippen LogP contribution in [0.25, 0.3) is 0 Å². The fourth-order valence-corrected chi connectivity index (χ4v) is 3.39. The maximum atomic E-state index is 13.2. The van der Waals surface area contributed by atoms with Gasteiger partial charge in [0.25, 0.3) is 5.91 Å². The Balaban J connectivity index is 1.79. The van der Waals surface area contributed by atoms with Crippen LogP contribution in [0.15, 0.2) is 65.9 Å². The van der Waals surface area contributed by atoms with Crippen molar-refractivity contribution in [1.82, 2.24) is 10.2 Å². The van der Waals surface area contributed by atoms with Gasteiger partial charge in [-0.1, -0.05) is 42.5 Å². The first-order valence-corrected chi connectivity index (χ1v) is 8.06. The number of likely N-dealkylation sites (N-methyl/N-ethyl adjacent to an activating group) is 1. The van der Waals surface area contributed by atoms with Crippen LogP contribution in [-0.2, 0) is 4.79 Å². The SMILES string of the molecule is CN1C(=O)NC(c2ccccc2)C2=C1CN(c1ccccc1N)C2=O. The maximum Gasteiger partial charge on any atom is 0.322 e. The van der Waals surface area contributed by atoms with Gasteiger partial charge in [0.05, 0.1) is 35.2 Å². The van der Waals surface area contributed by atoms with E-state index in [9.17, 15) is 9.59 Å². The van der Waals surface area contributed by atoms with Crippen molar-refractivity contribution >= 4 is 23.3 Å². The topological polar surface area (TPSA) is 78.7 Å². The van der Waals surface area contributed by atoms with Crippen LogP contribution in [-0.4, -0.2) is 30.4 Å². The van der Waals surface area contributed by atoms with Gasteiger partial charge in [-0.2, -0.15) is 0 Å². The number of carbonyl (C=O) groups excluding carboxylic acids is 2. The van der Waals surface area contributed by atoms with Gasteiger partial charge in [-0.05, 0) is 17.7 Å². The summed E-state index contributed by atoms with van der Waals surface area (Å²) < 4.78 is 0. The summed E-state index contributed by atoms with van der Waals surface area (Å²) in [6, 6.07) is 16.1. The minimum Gasteiger partial charge on any atom is -0.397 e. The van der Waals surface area contributed by atoms with Crippen LogP contribution >= 0.6 is 0 Å². The van der Waals surface area contributed by atoms with Gasteiger partial charge in [-0.3, -0.25) is 9.69 Å². The molecule has 0 aromatic heterocycles. The van der Waals surface area contributed by atoms with E-state index in [0.29, 0.717) is 29.2 Å². The Morgan fingerprint density at radius 1 is 1.04 bits per heavy atom. The van der Waals surface area contributed by atoms with E-state index < -0.39 is 6.04 Å². The molecule has 0 saturated heterocycles. The smallest absolute Gasteiger partial charge is 0.322 e. The second-order valence-electron chi connectivity index (χ2n) is 6.16. The monoisotopic (exact) mass is 334 g/mol. The van der Waals surface area contributed by atoms with E-state index in [-0.39, 0.29) is 11.9 Å². The summed E-state index contributed by atoms with van der Waals surface area (Å²) >= 11 is 0. The minimum absolute atomic E-state index is 0.131. The number of rotatable bonds is 2. The Hall–Kier alpha value is -3.28. The van der Waals surface area contributed by atoms with Crippen molar-refractivity contribution < 1.29 is 9.59 Å². The Bertz CT molecular complexity index is 891. The van der Waals surface area contributed by atoms with Gasteiger partial charge >= 0.3 is 6.03 Å². The lowest BCUT2D eigenvalue weighted by Gasteiger charge is -2.31. The lowest BCUT2D eigenvalue weighted by Crippen LogP contribution is -2.45. The number of nitrogens with one attached hydrogen (secondary N) is 1. The Morgan fingerprint density at radius 2 is 1.72 bits per heavy atom. The molecule has 25 heavy (non-hydrogen) atoms. The van der Waals surface area contributed by atoms with Gasteiger partial charge in [-0.25, -0.2) is 4.79 Å². The standard InChI is InChI=1S/C19H18N4O2/c1-22-15-11-23(14-10-6-5-9-13(14)20)18(24)16(15)17(21-19(22)25)12-7-3-2-4-8-12/h2-10,17H,11,20H2,1H3,(H,21,25). The zero-order valence-corrected chi connectivity index (χ0v) is 13.8. The number of nitrogens with two attached hydrogens (primary N) is 1. The van der Waals surface area contributed by atoms with E-state index in [4.69, 9.17) is 5.73 Å². The molecule has 6 nitrogen and oxygen atoms in total. The normalized spacial score (nSPS) is 20.0. The quantitative estimate of drug-likeness (QED) is 0.827. The molecule has 3 N–H and O–H groups in total. The second-order valence-corrected chi connectivity index (χ2v) is 6.16. The molecule has 0 bridgehead atoms. The van der Waals surface area contributed by atoms with Gasteiger partial charge in [0, 0.05) is 7.05 Å². The van der Waals surface area contributed by atoms with Crippen LogP contribution in [0.3, 0.4) is 0 Å². The highest BCUT2D eigenvalue weighted by Gasteiger charge is 2.43. The Labute approximate surface area is 145 Å². The predicted octanol–water partition coefficient (Wildman–Crippen LogP) is 2.27. The Kier molecular flexibility index (Phi) is 3.46. The van der Waals surface area contributed by atoms with Gasteiger partial charge < -0.3 is 16.0 Å². The van der Waals surface area contributed by atoms with E-state index in [1.54, 1.807) is 18.0 Å². The molecule has 0 spiro atoms. The molecule has 2 aromatic carbocycles. The van der Waals surface area contributed by atoms with Crippen LogP contribution < -0.4 is 16.0 Å². The molecule has 4 rings (SSSR count). The first kappa shape index (κ1) is 15.3. The summed E-state index contributed by atoms with van der Waals surface area (Å²) in [5, 5.41) is 2.92. The number of anilines is 2. The number of hydrogen-bond donors (Lipinski definition) is 2. The van der Waals surface area contributed by atoms with Crippen LogP contribution in [0.4, 0.5) is 16.2 Å². The summed E-state index contributed by atoms with van der Waals surface area (Å²) in [6.45, 7) is 0.329. The Morgan fingerprint density at radius 3 is 2.44 bits per heavy atom. The highest BCUT2D eigenvalue weighted by Crippen LogP contribution is 2.38. The van der Waals surface area contributed by atoms with Crippen molar-refractivity contribution in [2.24, 2.45) is 0 Å². The molecule has 3 amide bonds. The fourth-order valence-electron chi connectivity index (χ4n) is 3.39. The number of carbonyl (C=O) groups is 2. The zero-order valence-electron chi connectivity index (χ0n) is 13.8. The number of nitrogen functional groups attached to an aromatic ring is 1. The van der Waals surface area contributed by atoms with Crippen molar-refractivity contribution in [3.8, 4) is 0 Å². The molecule has 0 saturated carbocycles. The van der Waals surface area contributed by atoms with Crippen LogP contribution in [0.2, 0.25) is 0 Å². The number of amides is 3. The number of hydrogen-bond acceptors (Lipinski definition) is 3. The van der Waals surface area contributed by atoms with E-state index in [1.807, 2.05) is 48.5 Å². The molecular weight excluding hydrogens is 316 g/mol. The highest BCUT2D eigenvalue weighted by molar-refractivity contribution is 6.12. The first-order chi connectivity index (χ1) is 12.1. The molecule has 2 heterocycles. The third-order valence-electron chi connectivity index (χ3n) is 4.72. The molecule has 0 aliphatic carbocycles. The average Bonchev–Trinajstić information content (AvgIpc) is 2.97. The molecule has 1 unspecified atom stereocenters. The molecular formula is C19H18N4O2. The number of urea groups is 1. The highest BCUT2D eigenvalue weighted by atomic mass is 16.2. The van der Waals surface area contributed by atoms with Crippen LogP contribution in [0, 0.1) is 0 Å². The number of nitrogens with zero attached hydrogens (tertiary/aromatic N) is 2. The molecule has 1 atom stereocenters. The summed E-state index contributed by atoms with van der Waals surface area (Å²) in [4.78, 5) is 28.7. The van der Waals surface area contributed by atoms with Gasteiger partial charge in [0.1, 0.15) is 0 Å². The van der Waals surface area contributed by atoms with E-state index in [0.717, 1.165) is 5.56 Å². The van der Waals surface area contributed by atoms with Crippen molar-refractivity contribution in [3.63, 3.8) is 0 Å². The largest absolute Gasteiger partial charge is 0.397 e. The van der Waals surface area contributed by atoms with Crippen LogP contribution in [0.5, 0.6) is 0 Å². The first-order valence-electron chi connectivity index (χ1n) is 8.06. The molecule has 0 radical (unpaired) electrons. The van der Waals surface area contributed by atoms with Crippen LogP contribution in [0.1, 0.15) is 11.6 Å². The predicted molar refractivity (Wildman–Crippen MR) is 95.7 cm³/mol. The summed E-state index contributed by atoms with van der Waals surface area (Å²) in [6.07, 6.45) is 0. The van der Waals surface area contributed by atoms with E-state index in [2.05, 4.69) is 5.32 Å². The van der Waals surface area contributed by atoms with E-state index >= 15 is 0 Å². The fraction of sp³-hybridized carbons (Fsp3) is 0.158. The molecule has 6 heteroatoms.